The number of aryl methyl sites for hydroxylation is 1. The number of carbonyl (C=O) groups excluding carboxylic acids is 5. The van der Waals surface area contributed by atoms with Crippen LogP contribution in [0.5, 0.6) is 0 Å². The highest BCUT2D eigenvalue weighted by atomic mass is 16.2. The number of hydrogen-bond donors (Lipinski definition) is 3. The summed E-state index contributed by atoms with van der Waals surface area (Å²) in [5.41, 5.74) is 0.449. The predicted octanol–water partition coefficient (Wildman–Crippen LogP) is 2.74. The summed E-state index contributed by atoms with van der Waals surface area (Å²) in [6, 6.07) is 14.4. The third-order valence-corrected chi connectivity index (χ3v) is 7.65. The Labute approximate surface area is 275 Å². The molecule has 13 nitrogen and oxygen atoms in total. The predicted molar refractivity (Wildman–Crippen MR) is 177 cm³/mol. The monoisotopic (exact) mass is 644 g/mol. The fourth-order valence-corrected chi connectivity index (χ4v) is 4.72. The fraction of sp³-hybridized carbons (Fsp3) is 0.412. The van der Waals surface area contributed by atoms with E-state index in [9.17, 15) is 24.0 Å². The van der Waals surface area contributed by atoms with Gasteiger partial charge >= 0.3 is 0 Å². The first-order valence-electron chi connectivity index (χ1n) is 15.8. The number of nitrogens with zero attached hydrogens (tertiary/aromatic N) is 5. The van der Waals surface area contributed by atoms with Gasteiger partial charge in [-0.2, -0.15) is 0 Å². The second-order valence-corrected chi connectivity index (χ2v) is 11.3. The van der Waals surface area contributed by atoms with Gasteiger partial charge < -0.3 is 25.8 Å². The van der Waals surface area contributed by atoms with Gasteiger partial charge in [-0.05, 0) is 71.0 Å². The Hall–Kier alpha value is -5.20. The van der Waals surface area contributed by atoms with E-state index in [1.54, 1.807) is 66.1 Å². The van der Waals surface area contributed by atoms with Crippen LogP contribution in [0.15, 0.2) is 54.6 Å². The van der Waals surface area contributed by atoms with Gasteiger partial charge in [0.25, 0.3) is 29.5 Å². The molecular weight excluding hydrogens is 600 g/mol. The summed E-state index contributed by atoms with van der Waals surface area (Å²) in [5, 5.41) is 8.53. The molecule has 3 aromatic rings. The summed E-state index contributed by atoms with van der Waals surface area (Å²) in [4.78, 5) is 81.0. The summed E-state index contributed by atoms with van der Waals surface area (Å²) in [5.74, 6) is -2.01. The lowest BCUT2D eigenvalue weighted by Gasteiger charge is -2.30. The van der Waals surface area contributed by atoms with Crippen LogP contribution < -0.4 is 16.0 Å². The van der Waals surface area contributed by atoms with Gasteiger partial charge in [-0.1, -0.05) is 25.1 Å². The van der Waals surface area contributed by atoms with Crippen LogP contribution in [0.3, 0.4) is 0 Å². The van der Waals surface area contributed by atoms with Gasteiger partial charge in [-0.3, -0.25) is 24.0 Å². The molecule has 250 valence electrons. The second kappa shape index (κ2) is 16.9. The van der Waals surface area contributed by atoms with Crippen molar-refractivity contribution in [1.29, 1.82) is 0 Å². The molecule has 3 rings (SSSR count). The molecule has 3 N–H and O–H groups in total. The molecule has 47 heavy (non-hydrogen) atoms. The van der Waals surface area contributed by atoms with Crippen LogP contribution in [0.4, 0.5) is 0 Å². The van der Waals surface area contributed by atoms with Gasteiger partial charge in [0.2, 0.25) is 0 Å². The van der Waals surface area contributed by atoms with Crippen LogP contribution in [0.1, 0.15) is 92.8 Å². The van der Waals surface area contributed by atoms with Crippen LogP contribution in [0.2, 0.25) is 0 Å². The van der Waals surface area contributed by atoms with Crippen molar-refractivity contribution < 1.29 is 24.0 Å². The molecule has 0 aliphatic heterocycles. The third-order valence-electron chi connectivity index (χ3n) is 7.65. The molecule has 0 atom stereocenters. The fourth-order valence-electron chi connectivity index (χ4n) is 4.72. The number of hydrogen-bond acceptors (Lipinski definition) is 8. The molecule has 5 amide bonds. The van der Waals surface area contributed by atoms with Crippen molar-refractivity contribution in [2.75, 3.05) is 45.8 Å². The van der Waals surface area contributed by atoms with E-state index in [2.05, 4.69) is 30.9 Å². The maximum Gasteiger partial charge on any atom is 0.272 e. The van der Waals surface area contributed by atoms with E-state index in [0.717, 1.165) is 0 Å². The molecule has 3 aromatic heterocycles. The normalized spacial score (nSPS) is 10.9. The largest absolute Gasteiger partial charge is 0.350 e. The molecule has 0 spiro atoms. The Balaban J connectivity index is 1.78. The van der Waals surface area contributed by atoms with E-state index < -0.39 is 23.1 Å². The molecule has 0 fully saturated rings. The van der Waals surface area contributed by atoms with Crippen molar-refractivity contribution in [3.05, 3.63) is 88.8 Å². The molecule has 0 aromatic carbocycles. The minimum absolute atomic E-state index is 0.0253. The third kappa shape index (κ3) is 9.89. The van der Waals surface area contributed by atoms with Gasteiger partial charge in [0.1, 0.15) is 28.5 Å². The van der Waals surface area contributed by atoms with Crippen molar-refractivity contribution in [3.63, 3.8) is 0 Å². The number of carbonyl (C=O) groups is 5. The molecular formula is C34H44N8O5. The maximum atomic E-state index is 13.2. The van der Waals surface area contributed by atoms with E-state index in [4.69, 9.17) is 0 Å². The minimum Gasteiger partial charge on any atom is -0.350 e. The minimum atomic E-state index is -0.895. The van der Waals surface area contributed by atoms with Crippen LogP contribution in [0, 0.1) is 12.3 Å². The Morgan fingerprint density at radius 1 is 0.553 bits per heavy atom. The molecule has 13 heteroatoms. The molecule has 0 aliphatic carbocycles. The first-order valence-corrected chi connectivity index (χ1v) is 15.8. The molecule has 0 radical (unpaired) electrons. The maximum absolute atomic E-state index is 13.2. The highest BCUT2D eigenvalue weighted by Gasteiger charge is 2.29. The Kier molecular flexibility index (Phi) is 13.1. The van der Waals surface area contributed by atoms with Crippen molar-refractivity contribution >= 4 is 29.5 Å². The number of nitrogens with one attached hydrogen (secondary N) is 3. The summed E-state index contributed by atoms with van der Waals surface area (Å²) < 4.78 is 0. The highest BCUT2D eigenvalue weighted by molar-refractivity contribution is 5.97. The average molecular weight is 645 g/mol. The Bertz CT molecular complexity index is 1500. The number of amides is 5. The van der Waals surface area contributed by atoms with Crippen molar-refractivity contribution in [2.24, 2.45) is 5.41 Å². The lowest BCUT2D eigenvalue weighted by molar-refractivity contribution is 0.0758. The Morgan fingerprint density at radius 2 is 0.872 bits per heavy atom. The number of rotatable bonds is 15. The van der Waals surface area contributed by atoms with E-state index in [-0.39, 0.29) is 59.9 Å². The molecule has 0 saturated carbocycles. The zero-order valence-electron chi connectivity index (χ0n) is 27.9. The zero-order valence-corrected chi connectivity index (χ0v) is 27.9. The Morgan fingerprint density at radius 3 is 1.21 bits per heavy atom. The smallest absolute Gasteiger partial charge is 0.272 e. The molecule has 0 saturated heterocycles. The molecule has 3 heterocycles. The summed E-state index contributed by atoms with van der Waals surface area (Å²) in [7, 11) is 0. The number of pyridine rings is 3. The van der Waals surface area contributed by atoms with Gasteiger partial charge in [0, 0.05) is 56.9 Å². The lowest BCUT2D eigenvalue weighted by Crippen LogP contribution is -2.50. The van der Waals surface area contributed by atoms with Gasteiger partial charge in [-0.15, -0.1) is 0 Å². The molecule has 0 unspecified atom stereocenters. The lowest BCUT2D eigenvalue weighted by atomic mass is 9.89. The first-order chi connectivity index (χ1) is 22.4. The SMILES string of the molecule is CCN(CC)C(=O)c1cccc(C(=O)NCC(C)(CNC(=O)c2cccc(C)n2)CNC(=O)c2cccc(C(=O)N(CC)CC)n2)n1. The van der Waals surface area contributed by atoms with Crippen LogP contribution >= 0.6 is 0 Å². The van der Waals surface area contributed by atoms with Gasteiger partial charge in [0.15, 0.2) is 0 Å². The molecule has 0 aliphatic rings. The first kappa shape index (κ1) is 36.3. The molecule has 0 bridgehead atoms. The summed E-state index contributed by atoms with van der Waals surface area (Å²) in [6.07, 6.45) is 0. The van der Waals surface area contributed by atoms with E-state index >= 15 is 0 Å². The van der Waals surface area contributed by atoms with Crippen molar-refractivity contribution in [1.82, 2.24) is 40.7 Å². The summed E-state index contributed by atoms with van der Waals surface area (Å²) >= 11 is 0. The van der Waals surface area contributed by atoms with E-state index in [1.807, 2.05) is 27.7 Å². The van der Waals surface area contributed by atoms with Crippen molar-refractivity contribution in [2.45, 2.75) is 41.5 Å². The standard InChI is InChI=1S/C34H44N8O5/c1-7-41(8-2)32(46)27-18-12-16-25(39-27)30(44)36-21-34(6,20-35-29(43)24-15-11-14-23(5)38-24)22-37-31(45)26-17-13-19-28(40-26)33(47)42(9-3)10-4/h11-19H,7-10,20-22H2,1-6H3,(H,35,43)(H,36,44)(H,37,45). The van der Waals surface area contributed by atoms with E-state index in [0.29, 0.717) is 31.9 Å². The summed E-state index contributed by atoms with van der Waals surface area (Å²) in [6.45, 7) is 13.2. The quantitative estimate of drug-likeness (QED) is 0.227. The van der Waals surface area contributed by atoms with Crippen LogP contribution in [-0.2, 0) is 0 Å². The topological polar surface area (TPSA) is 167 Å². The van der Waals surface area contributed by atoms with Gasteiger partial charge in [0.05, 0.1) is 0 Å². The second-order valence-electron chi connectivity index (χ2n) is 11.3. The van der Waals surface area contributed by atoms with Crippen molar-refractivity contribution in [3.8, 4) is 0 Å². The van der Waals surface area contributed by atoms with Gasteiger partial charge in [-0.25, -0.2) is 15.0 Å². The average Bonchev–Trinajstić information content (AvgIpc) is 3.09. The highest BCUT2D eigenvalue weighted by Crippen LogP contribution is 2.15. The van der Waals surface area contributed by atoms with Crippen LogP contribution in [-0.4, -0.2) is 100 Å². The van der Waals surface area contributed by atoms with Crippen LogP contribution in [0.25, 0.3) is 0 Å². The number of aromatic nitrogens is 3. The van der Waals surface area contributed by atoms with E-state index in [1.165, 1.54) is 12.1 Å². The zero-order chi connectivity index (χ0) is 34.6.